The lowest BCUT2D eigenvalue weighted by molar-refractivity contribution is -0.138. The molecule has 1 heterocycles. The van der Waals surface area contributed by atoms with Gasteiger partial charge in [0.1, 0.15) is 6.04 Å². The van der Waals surface area contributed by atoms with Gasteiger partial charge in [-0.2, -0.15) is 0 Å². The van der Waals surface area contributed by atoms with Gasteiger partial charge in [0.2, 0.25) is 0 Å². The molecule has 7 heteroatoms. The number of hydrogen-bond acceptors (Lipinski definition) is 5. The Labute approximate surface area is 218 Å². The van der Waals surface area contributed by atoms with E-state index in [1.54, 1.807) is 6.07 Å². The van der Waals surface area contributed by atoms with Crippen LogP contribution in [0.2, 0.25) is 0 Å². The van der Waals surface area contributed by atoms with Crippen molar-refractivity contribution in [1.82, 2.24) is 4.98 Å². The quantitative estimate of drug-likeness (QED) is 0.302. The molecule has 0 amide bonds. The number of hydrogen-bond donors (Lipinski definition) is 2. The minimum Gasteiger partial charge on any atom is -0.480 e. The number of aliphatic carboxylic acids is 1. The molecule has 188 valence electrons. The molecule has 6 nitrogen and oxygen atoms in total. The third kappa shape index (κ3) is 6.07. The van der Waals surface area contributed by atoms with Gasteiger partial charge in [-0.15, -0.1) is 0 Å². The summed E-state index contributed by atoms with van der Waals surface area (Å²) in [6.45, 7) is 1.96. The highest BCUT2D eigenvalue weighted by molar-refractivity contribution is 7.85. The number of carbonyl (C=O) groups excluding carboxylic acids is 1. The summed E-state index contributed by atoms with van der Waals surface area (Å²) in [5, 5.41) is 9.25. The number of carboxylic acids is 1. The van der Waals surface area contributed by atoms with Crippen molar-refractivity contribution in [2.45, 2.75) is 24.6 Å². The zero-order valence-corrected chi connectivity index (χ0v) is 21.4. The largest absolute Gasteiger partial charge is 0.480 e. The summed E-state index contributed by atoms with van der Waals surface area (Å²) >= 11 is 0. The number of nitrogens with zero attached hydrogens (tertiary/aromatic N) is 1. The molecular formula is C30H28N2O4S. The second-order valence-electron chi connectivity index (χ2n) is 8.95. The number of ketones is 1. The Balaban J connectivity index is 1.75. The van der Waals surface area contributed by atoms with Gasteiger partial charge in [0.05, 0.1) is 10.8 Å². The summed E-state index contributed by atoms with van der Waals surface area (Å²) < 4.78 is 12.5. The fourth-order valence-electron chi connectivity index (χ4n) is 4.25. The Morgan fingerprint density at radius 1 is 0.973 bits per heavy atom. The molecule has 0 aliphatic rings. The zero-order chi connectivity index (χ0) is 26.5. The molecule has 37 heavy (non-hydrogen) atoms. The predicted molar refractivity (Wildman–Crippen MR) is 150 cm³/mol. The molecule has 3 N–H and O–H groups in total. The lowest BCUT2D eigenvalue weighted by Crippen LogP contribution is -2.38. The fraction of sp³-hybridized carbons (Fsp3) is 0.167. The molecule has 0 aliphatic carbocycles. The number of para-hydroxylation sites is 1. The molecule has 4 aromatic rings. The van der Waals surface area contributed by atoms with Crippen molar-refractivity contribution < 1.29 is 18.9 Å². The second-order valence-corrected chi connectivity index (χ2v) is 10.5. The van der Waals surface area contributed by atoms with Gasteiger partial charge < -0.3 is 10.8 Å². The number of Topliss-reactive ketones (excluding diaryl/α,β-unsaturated/α-hetero) is 1. The smallest absolute Gasteiger partial charge is 0.320 e. The first-order chi connectivity index (χ1) is 17.7. The van der Waals surface area contributed by atoms with Crippen molar-refractivity contribution in [3.8, 4) is 11.1 Å². The Morgan fingerprint density at radius 2 is 1.68 bits per heavy atom. The number of pyridine rings is 1. The van der Waals surface area contributed by atoms with Gasteiger partial charge in [0.25, 0.3) is 0 Å². The maximum atomic E-state index is 13.6. The third-order valence-corrected chi connectivity index (χ3v) is 7.51. The zero-order valence-electron chi connectivity index (χ0n) is 20.6. The Morgan fingerprint density at radius 3 is 2.41 bits per heavy atom. The van der Waals surface area contributed by atoms with Crippen LogP contribution in [0.3, 0.4) is 0 Å². The van der Waals surface area contributed by atoms with Crippen LogP contribution in [0.1, 0.15) is 33.5 Å². The number of fused-ring (bicyclic) bond motifs is 1. The molecule has 0 aliphatic heterocycles. The van der Waals surface area contributed by atoms with Crippen LogP contribution in [0, 0.1) is 6.92 Å². The highest BCUT2D eigenvalue weighted by Crippen LogP contribution is 2.31. The first-order valence-electron chi connectivity index (χ1n) is 11.8. The Hall–Kier alpha value is -3.94. The fourth-order valence-corrected chi connectivity index (χ4v) is 5.15. The van der Waals surface area contributed by atoms with Gasteiger partial charge in [-0.1, -0.05) is 66.7 Å². The standard InChI is InChI=1S/C30H28N2O4S/c1-19-7-3-5-9-23(19)25-16-20(11-12-21-15-22-8-4-6-10-27(22)32-18-21)13-14-24(25)29(33)28(37(2)36)17-26(31)30(34)35/h3-16,18,26,28H,17,31H2,1-2H3,(H,34,35). The second kappa shape index (κ2) is 11.4. The number of aryl methyl sites for hydroxylation is 1. The molecule has 0 radical (unpaired) electrons. The van der Waals surface area contributed by atoms with E-state index < -0.39 is 28.1 Å². The summed E-state index contributed by atoms with van der Waals surface area (Å²) in [6, 6.07) is 21.9. The predicted octanol–water partition coefficient (Wildman–Crippen LogP) is 5.11. The summed E-state index contributed by atoms with van der Waals surface area (Å²) in [4.78, 5) is 29.4. The van der Waals surface area contributed by atoms with Gasteiger partial charge in [0, 0.05) is 34.2 Å². The van der Waals surface area contributed by atoms with E-state index in [1.807, 2.05) is 85.9 Å². The van der Waals surface area contributed by atoms with Crippen molar-refractivity contribution in [2.75, 3.05) is 6.26 Å². The molecule has 0 fully saturated rings. The molecule has 0 spiro atoms. The highest BCUT2D eigenvalue weighted by atomic mass is 32.2. The van der Waals surface area contributed by atoms with E-state index in [1.165, 1.54) is 6.26 Å². The molecule has 1 aromatic heterocycles. The lowest BCUT2D eigenvalue weighted by Gasteiger charge is -2.19. The van der Waals surface area contributed by atoms with E-state index in [0.29, 0.717) is 11.1 Å². The number of carbonyl (C=O) groups is 2. The first kappa shape index (κ1) is 26.1. The monoisotopic (exact) mass is 512 g/mol. The SMILES string of the molecule is Cc1ccccc1-c1cc(C=Cc2cnc3ccccc3c2)ccc1C(=O)C(CC(N)C(=O)O)S(C)=O. The van der Waals surface area contributed by atoms with Crippen LogP contribution < -0.4 is 5.73 Å². The van der Waals surface area contributed by atoms with Crippen LogP contribution in [0.5, 0.6) is 0 Å². The van der Waals surface area contributed by atoms with Gasteiger partial charge in [0.15, 0.2) is 5.78 Å². The molecule has 0 saturated heterocycles. The molecule has 0 saturated carbocycles. The van der Waals surface area contributed by atoms with Crippen molar-refractivity contribution in [3.63, 3.8) is 0 Å². The third-order valence-electron chi connectivity index (χ3n) is 6.30. The minimum atomic E-state index is -1.60. The molecule has 3 atom stereocenters. The van der Waals surface area contributed by atoms with Gasteiger partial charge in [-0.3, -0.25) is 18.8 Å². The van der Waals surface area contributed by atoms with E-state index in [0.717, 1.165) is 33.2 Å². The average Bonchev–Trinajstić information content (AvgIpc) is 2.89. The summed E-state index contributed by atoms with van der Waals surface area (Å²) in [5.41, 5.74) is 11.4. The molecule has 4 rings (SSSR count). The first-order valence-corrected chi connectivity index (χ1v) is 13.4. The Kier molecular flexibility index (Phi) is 8.06. The molecule has 3 aromatic carbocycles. The number of nitrogens with two attached hydrogens (primary N) is 1. The van der Waals surface area contributed by atoms with E-state index in [2.05, 4.69) is 11.1 Å². The summed E-state index contributed by atoms with van der Waals surface area (Å²) in [7, 11) is -1.60. The van der Waals surface area contributed by atoms with Crippen molar-refractivity contribution in [3.05, 3.63) is 101 Å². The molecular weight excluding hydrogens is 484 g/mol. The van der Waals surface area contributed by atoms with Gasteiger partial charge >= 0.3 is 5.97 Å². The molecule has 3 unspecified atom stereocenters. The topological polar surface area (TPSA) is 110 Å². The number of rotatable bonds is 9. The van der Waals surface area contributed by atoms with Gasteiger partial charge in [-0.25, -0.2) is 0 Å². The highest BCUT2D eigenvalue weighted by Gasteiger charge is 2.30. The van der Waals surface area contributed by atoms with Crippen molar-refractivity contribution in [1.29, 1.82) is 0 Å². The van der Waals surface area contributed by atoms with E-state index in [9.17, 15) is 18.9 Å². The van der Waals surface area contributed by atoms with Crippen LogP contribution in [0.4, 0.5) is 0 Å². The minimum absolute atomic E-state index is 0.207. The number of aromatic nitrogens is 1. The Bertz CT molecular complexity index is 1530. The van der Waals surface area contributed by atoms with E-state index >= 15 is 0 Å². The van der Waals surface area contributed by atoms with Gasteiger partial charge in [-0.05, 0) is 59.4 Å². The van der Waals surface area contributed by atoms with E-state index in [-0.39, 0.29) is 12.2 Å². The van der Waals surface area contributed by atoms with Crippen LogP contribution >= 0.6 is 0 Å². The van der Waals surface area contributed by atoms with Crippen LogP contribution in [0.25, 0.3) is 34.2 Å². The average molecular weight is 513 g/mol. The lowest BCUT2D eigenvalue weighted by atomic mass is 9.90. The molecule has 0 bridgehead atoms. The maximum absolute atomic E-state index is 13.6. The number of carboxylic acid groups (broad SMARTS) is 1. The summed E-state index contributed by atoms with van der Waals surface area (Å²) in [5.74, 6) is -1.61. The van der Waals surface area contributed by atoms with Crippen molar-refractivity contribution in [2.24, 2.45) is 5.73 Å². The normalized spacial score (nSPS) is 13.9. The van der Waals surface area contributed by atoms with E-state index in [4.69, 9.17) is 5.73 Å². The van der Waals surface area contributed by atoms with Crippen LogP contribution in [0.15, 0.2) is 79.0 Å². The summed E-state index contributed by atoms with van der Waals surface area (Å²) in [6.07, 6.45) is 6.93. The number of benzene rings is 3. The van der Waals surface area contributed by atoms with Crippen molar-refractivity contribution >= 4 is 45.6 Å². The van der Waals surface area contributed by atoms with Crippen LogP contribution in [-0.2, 0) is 15.6 Å². The maximum Gasteiger partial charge on any atom is 0.320 e. The van der Waals surface area contributed by atoms with Crippen LogP contribution in [-0.4, -0.2) is 43.6 Å².